The van der Waals surface area contributed by atoms with Crippen molar-refractivity contribution in [1.29, 1.82) is 0 Å². The van der Waals surface area contributed by atoms with Gasteiger partial charge in [-0.25, -0.2) is 4.68 Å². The lowest BCUT2D eigenvalue weighted by atomic mass is 10.0. The maximum absolute atomic E-state index is 13.8. The summed E-state index contributed by atoms with van der Waals surface area (Å²) in [7, 11) is 0. The summed E-state index contributed by atoms with van der Waals surface area (Å²) in [6, 6.07) is 30.9. The van der Waals surface area contributed by atoms with E-state index in [-0.39, 0.29) is 5.56 Å². The number of H-pyrrole nitrogens is 1. The molecule has 0 aliphatic heterocycles. The summed E-state index contributed by atoms with van der Waals surface area (Å²) in [5.74, 6) is 2.06. The molecular formula is C32H30N6O3. The van der Waals surface area contributed by atoms with Gasteiger partial charge in [-0.2, -0.15) is 0 Å². The number of pyridine rings is 1. The highest BCUT2D eigenvalue weighted by Gasteiger charge is 2.31. The highest BCUT2D eigenvalue weighted by molar-refractivity contribution is 5.80. The molecule has 206 valence electrons. The molecule has 0 saturated carbocycles. The van der Waals surface area contributed by atoms with E-state index >= 15 is 0 Å². The molecule has 0 saturated heterocycles. The summed E-state index contributed by atoms with van der Waals surface area (Å²) in [5, 5.41) is 13.8. The highest BCUT2D eigenvalue weighted by atomic mass is 16.5. The maximum Gasteiger partial charge on any atom is 0.253 e. The summed E-state index contributed by atoms with van der Waals surface area (Å²) < 4.78 is 13.3. The lowest BCUT2D eigenvalue weighted by molar-refractivity contribution is 0.179. The van der Waals surface area contributed by atoms with Crippen LogP contribution in [0.1, 0.15) is 41.2 Å². The van der Waals surface area contributed by atoms with Crippen molar-refractivity contribution in [2.24, 2.45) is 0 Å². The van der Waals surface area contributed by atoms with Gasteiger partial charge in [0.05, 0.1) is 26.0 Å². The third-order valence-corrected chi connectivity index (χ3v) is 6.96. The molecule has 0 aliphatic carbocycles. The topological polar surface area (TPSA) is 102 Å². The number of tetrazole rings is 1. The number of nitrogens with one attached hydrogen (secondary N) is 1. The standard InChI is InChI=1S/C32H30N6O3/c1-2-40-26-15-16-29-25(18-26)19-28(32(39)33-29)30(31-34-35-36-38(31)21-24-12-7-4-8-13-24)37(22-27-14-9-17-41-27)20-23-10-5-3-6-11-23/h3-19,30H,2,20-22H2,1H3,(H,33,39). The van der Waals surface area contributed by atoms with Gasteiger partial charge >= 0.3 is 0 Å². The number of ether oxygens (including phenoxy) is 1. The Morgan fingerprint density at radius 2 is 1.71 bits per heavy atom. The molecule has 9 heteroatoms. The Kier molecular flexibility index (Phi) is 7.68. The Morgan fingerprint density at radius 1 is 0.927 bits per heavy atom. The molecule has 3 aromatic heterocycles. The molecule has 1 atom stereocenters. The van der Waals surface area contributed by atoms with Gasteiger partial charge in [-0.15, -0.1) is 5.10 Å². The van der Waals surface area contributed by atoms with Gasteiger partial charge in [-0.3, -0.25) is 9.69 Å². The van der Waals surface area contributed by atoms with Gasteiger partial charge in [0.15, 0.2) is 5.82 Å². The molecule has 0 spiro atoms. The highest BCUT2D eigenvalue weighted by Crippen LogP contribution is 2.31. The first-order chi connectivity index (χ1) is 20.2. The zero-order chi connectivity index (χ0) is 28.0. The van der Waals surface area contributed by atoms with Gasteiger partial charge in [0, 0.05) is 23.0 Å². The first kappa shape index (κ1) is 26.2. The van der Waals surface area contributed by atoms with Gasteiger partial charge < -0.3 is 14.1 Å². The van der Waals surface area contributed by atoms with Crippen LogP contribution in [-0.2, 0) is 19.6 Å². The fraction of sp³-hybridized carbons (Fsp3) is 0.188. The smallest absolute Gasteiger partial charge is 0.253 e. The van der Waals surface area contributed by atoms with E-state index in [4.69, 9.17) is 9.15 Å². The molecule has 0 fully saturated rings. The third-order valence-electron chi connectivity index (χ3n) is 6.96. The number of nitrogens with zero attached hydrogens (tertiary/aromatic N) is 5. The molecule has 0 radical (unpaired) electrons. The zero-order valence-corrected chi connectivity index (χ0v) is 22.7. The third kappa shape index (κ3) is 5.95. The van der Waals surface area contributed by atoms with Crippen LogP contribution in [0.5, 0.6) is 5.75 Å². The fourth-order valence-corrected chi connectivity index (χ4v) is 5.10. The quantitative estimate of drug-likeness (QED) is 0.234. The monoisotopic (exact) mass is 546 g/mol. The molecule has 1 N–H and O–H groups in total. The number of hydrogen-bond donors (Lipinski definition) is 1. The van der Waals surface area contributed by atoms with Crippen LogP contribution in [0.4, 0.5) is 0 Å². The fourth-order valence-electron chi connectivity index (χ4n) is 5.10. The number of hydrogen-bond acceptors (Lipinski definition) is 7. The second-order valence-corrected chi connectivity index (χ2v) is 9.79. The molecule has 0 amide bonds. The van der Waals surface area contributed by atoms with Crippen molar-refractivity contribution in [3.8, 4) is 5.75 Å². The summed E-state index contributed by atoms with van der Waals surface area (Å²) in [6.45, 7) is 3.91. The predicted octanol–water partition coefficient (Wildman–Crippen LogP) is 5.35. The van der Waals surface area contributed by atoms with Crippen LogP contribution in [0.3, 0.4) is 0 Å². The molecule has 6 rings (SSSR count). The van der Waals surface area contributed by atoms with Crippen molar-refractivity contribution in [2.45, 2.75) is 32.6 Å². The zero-order valence-electron chi connectivity index (χ0n) is 22.7. The Balaban J connectivity index is 1.52. The molecular weight excluding hydrogens is 516 g/mol. The lowest BCUT2D eigenvalue weighted by Crippen LogP contribution is -2.34. The van der Waals surface area contributed by atoms with Crippen LogP contribution in [0.25, 0.3) is 10.9 Å². The summed E-state index contributed by atoms with van der Waals surface area (Å²) >= 11 is 0. The van der Waals surface area contributed by atoms with Gasteiger partial charge in [0.1, 0.15) is 17.6 Å². The first-order valence-electron chi connectivity index (χ1n) is 13.6. The minimum atomic E-state index is -0.595. The van der Waals surface area contributed by atoms with Gasteiger partial charge in [0.2, 0.25) is 0 Å². The van der Waals surface area contributed by atoms with Crippen molar-refractivity contribution < 1.29 is 9.15 Å². The number of aromatic nitrogens is 5. The normalized spacial score (nSPS) is 12.1. The SMILES string of the molecule is CCOc1ccc2[nH]c(=O)c(C(c3nnnn3Cc3ccccc3)N(Cc3ccccc3)Cc3ccco3)cc2c1. The van der Waals surface area contributed by atoms with E-state index < -0.39 is 6.04 Å². The predicted molar refractivity (Wildman–Crippen MR) is 155 cm³/mol. The van der Waals surface area contributed by atoms with E-state index in [1.807, 2.05) is 91.9 Å². The summed E-state index contributed by atoms with van der Waals surface area (Å²) in [4.78, 5) is 19.0. The van der Waals surface area contributed by atoms with Crippen LogP contribution in [0.2, 0.25) is 0 Å². The van der Waals surface area contributed by atoms with Gasteiger partial charge in [-0.1, -0.05) is 60.7 Å². The number of aromatic amines is 1. The molecule has 6 aromatic rings. The first-order valence-corrected chi connectivity index (χ1v) is 13.6. The van der Waals surface area contributed by atoms with Crippen molar-refractivity contribution in [3.05, 3.63) is 142 Å². The van der Waals surface area contributed by atoms with Crippen molar-refractivity contribution in [1.82, 2.24) is 30.1 Å². The average Bonchev–Trinajstić information content (AvgIpc) is 3.67. The number of fused-ring (bicyclic) bond motifs is 1. The Labute approximate surface area is 237 Å². The lowest BCUT2D eigenvalue weighted by Gasteiger charge is -2.30. The van der Waals surface area contributed by atoms with Crippen LogP contribution < -0.4 is 10.3 Å². The van der Waals surface area contributed by atoms with E-state index in [1.54, 1.807) is 10.9 Å². The minimum Gasteiger partial charge on any atom is -0.494 e. The van der Waals surface area contributed by atoms with Crippen LogP contribution in [-0.4, -0.2) is 36.7 Å². The van der Waals surface area contributed by atoms with Crippen molar-refractivity contribution in [2.75, 3.05) is 6.61 Å². The van der Waals surface area contributed by atoms with E-state index in [2.05, 4.69) is 37.5 Å². The van der Waals surface area contributed by atoms with E-state index in [0.29, 0.717) is 37.6 Å². The number of rotatable bonds is 11. The largest absolute Gasteiger partial charge is 0.494 e. The number of furan rings is 1. The second kappa shape index (κ2) is 12.0. The Hall–Kier alpha value is -5.02. The number of benzene rings is 3. The van der Waals surface area contributed by atoms with Crippen molar-refractivity contribution in [3.63, 3.8) is 0 Å². The molecule has 9 nitrogen and oxygen atoms in total. The van der Waals surface area contributed by atoms with E-state index in [9.17, 15) is 4.79 Å². The maximum atomic E-state index is 13.8. The molecule has 0 aliphatic rings. The van der Waals surface area contributed by atoms with Crippen LogP contribution in [0, 0.1) is 0 Å². The van der Waals surface area contributed by atoms with Gasteiger partial charge in [0.25, 0.3) is 5.56 Å². The van der Waals surface area contributed by atoms with Crippen LogP contribution >= 0.6 is 0 Å². The Bertz CT molecular complexity index is 1760. The summed E-state index contributed by atoms with van der Waals surface area (Å²) in [6.07, 6.45) is 1.66. The van der Waals surface area contributed by atoms with Crippen LogP contribution in [0.15, 0.2) is 113 Å². The molecule has 3 heterocycles. The summed E-state index contributed by atoms with van der Waals surface area (Å²) in [5.41, 5.74) is 3.18. The molecule has 1 unspecified atom stereocenters. The second-order valence-electron chi connectivity index (χ2n) is 9.79. The molecule has 3 aromatic carbocycles. The van der Waals surface area contributed by atoms with E-state index in [1.165, 1.54) is 0 Å². The molecule has 0 bridgehead atoms. The average molecular weight is 547 g/mol. The van der Waals surface area contributed by atoms with Crippen molar-refractivity contribution >= 4 is 10.9 Å². The van der Waals surface area contributed by atoms with Gasteiger partial charge in [-0.05, 0) is 64.9 Å². The van der Waals surface area contributed by atoms with E-state index in [0.717, 1.165) is 33.5 Å². The minimum absolute atomic E-state index is 0.210. The Morgan fingerprint density at radius 3 is 2.44 bits per heavy atom. The molecule has 41 heavy (non-hydrogen) atoms.